The van der Waals surface area contributed by atoms with Gasteiger partial charge in [-0.25, -0.2) is 9.37 Å². The molecule has 2 heterocycles. The lowest BCUT2D eigenvalue weighted by molar-refractivity contribution is 0.610. The van der Waals surface area contributed by atoms with Crippen molar-refractivity contribution in [3.05, 3.63) is 69.4 Å². The highest BCUT2D eigenvalue weighted by atomic mass is 19.1. The van der Waals surface area contributed by atoms with Crippen LogP contribution in [0.5, 0.6) is 0 Å². The molecule has 0 aliphatic carbocycles. The number of aryl methyl sites for hydroxylation is 1. The molecule has 0 unspecified atom stereocenters. The molecule has 0 radical (unpaired) electrons. The zero-order valence-electron chi connectivity index (χ0n) is 19.2. The molecule has 0 atom stereocenters. The number of anilines is 1. The summed E-state index contributed by atoms with van der Waals surface area (Å²) in [4.78, 5) is 20.8. The van der Waals surface area contributed by atoms with Gasteiger partial charge in [-0.1, -0.05) is 49.8 Å². The van der Waals surface area contributed by atoms with Crippen LogP contribution in [0.3, 0.4) is 0 Å². The molecular formula is C26H34FN3O. The molecule has 0 amide bonds. The largest absolute Gasteiger partial charge is 0.366 e. The van der Waals surface area contributed by atoms with Crippen molar-refractivity contribution in [2.75, 3.05) is 18.0 Å². The van der Waals surface area contributed by atoms with Crippen LogP contribution < -0.4 is 10.5 Å². The first-order valence-corrected chi connectivity index (χ1v) is 11.5. The maximum Gasteiger partial charge on any atom is 0.277 e. The maximum absolute atomic E-state index is 14.6. The van der Waals surface area contributed by atoms with Crippen molar-refractivity contribution in [3.63, 3.8) is 0 Å². The first-order chi connectivity index (χ1) is 15.0. The number of halogens is 1. The van der Waals surface area contributed by atoms with Crippen molar-refractivity contribution >= 4 is 5.69 Å². The van der Waals surface area contributed by atoms with E-state index in [-0.39, 0.29) is 11.4 Å². The molecule has 166 valence electrons. The second-order valence-electron chi connectivity index (χ2n) is 8.08. The Bertz CT molecular complexity index is 1030. The predicted molar refractivity (Wildman–Crippen MR) is 127 cm³/mol. The van der Waals surface area contributed by atoms with Crippen molar-refractivity contribution in [1.82, 2.24) is 9.55 Å². The summed E-state index contributed by atoms with van der Waals surface area (Å²) in [6, 6.07) is 5.06. The monoisotopic (exact) mass is 423 g/mol. The van der Waals surface area contributed by atoms with Crippen LogP contribution in [-0.2, 0) is 13.0 Å². The molecule has 1 aliphatic rings. The molecule has 1 fully saturated rings. The van der Waals surface area contributed by atoms with Crippen LogP contribution in [0.4, 0.5) is 10.1 Å². The molecule has 1 aliphatic heterocycles. The number of rotatable bonds is 8. The van der Waals surface area contributed by atoms with Gasteiger partial charge < -0.3 is 4.90 Å². The van der Waals surface area contributed by atoms with Gasteiger partial charge in [0.05, 0.1) is 5.69 Å². The van der Waals surface area contributed by atoms with E-state index in [0.717, 1.165) is 44.5 Å². The summed E-state index contributed by atoms with van der Waals surface area (Å²) in [5.41, 5.74) is 3.91. The fraction of sp³-hybridized carbons (Fsp3) is 0.462. The molecule has 0 N–H and O–H groups in total. The van der Waals surface area contributed by atoms with Gasteiger partial charge in [0, 0.05) is 25.2 Å². The van der Waals surface area contributed by atoms with Gasteiger partial charge in [-0.3, -0.25) is 9.36 Å². The van der Waals surface area contributed by atoms with Gasteiger partial charge >= 0.3 is 0 Å². The molecule has 1 aromatic heterocycles. The molecule has 4 nitrogen and oxygen atoms in total. The average molecular weight is 424 g/mol. The number of benzene rings is 1. The quantitative estimate of drug-likeness (QED) is 0.502. The van der Waals surface area contributed by atoms with E-state index >= 15 is 0 Å². The van der Waals surface area contributed by atoms with Crippen LogP contribution in [0.1, 0.15) is 57.7 Å². The number of hydrogen-bond donors (Lipinski definition) is 0. The molecule has 1 saturated heterocycles. The van der Waals surface area contributed by atoms with Gasteiger partial charge in [0.2, 0.25) is 0 Å². The van der Waals surface area contributed by atoms with E-state index in [2.05, 4.69) is 24.0 Å². The SMILES string of the molecule is C/C=C\C(=C/CC)CCn1c(-c2cccc(F)c2CC)nc(C)c(N2CCCC2)c1=O. The van der Waals surface area contributed by atoms with Crippen molar-refractivity contribution in [2.45, 2.75) is 66.3 Å². The van der Waals surface area contributed by atoms with Crippen molar-refractivity contribution in [1.29, 1.82) is 0 Å². The summed E-state index contributed by atoms with van der Waals surface area (Å²) in [6.07, 6.45) is 10.7. The highest BCUT2D eigenvalue weighted by Crippen LogP contribution is 2.28. The molecular weight excluding hydrogens is 389 g/mol. The number of nitrogens with zero attached hydrogens (tertiary/aromatic N) is 3. The summed E-state index contributed by atoms with van der Waals surface area (Å²) in [5, 5.41) is 0. The highest BCUT2D eigenvalue weighted by molar-refractivity contribution is 5.64. The van der Waals surface area contributed by atoms with Crippen LogP contribution >= 0.6 is 0 Å². The summed E-state index contributed by atoms with van der Waals surface area (Å²) in [5.74, 6) is 0.320. The van der Waals surface area contributed by atoms with Gasteiger partial charge in [-0.05, 0) is 57.6 Å². The summed E-state index contributed by atoms with van der Waals surface area (Å²) in [6.45, 7) is 10.2. The van der Waals surface area contributed by atoms with Crippen LogP contribution in [0.25, 0.3) is 11.4 Å². The lowest BCUT2D eigenvalue weighted by Crippen LogP contribution is -2.33. The summed E-state index contributed by atoms with van der Waals surface area (Å²) < 4.78 is 16.3. The van der Waals surface area contributed by atoms with Crippen LogP contribution in [0.2, 0.25) is 0 Å². The van der Waals surface area contributed by atoms with Crippen LogP contribution in [-0.4, -0.2) is 22.6 Å². The Kier molecular flexibility index (Phi) is 7.83. The molecule has 2 aromatic rings. The van der Waals surface area contributed by atoms with Gasteiger partial charge in [0.1, 0.15) is 17.3 Å². The third-order valence-corrected chi connectivity index (χ3v) is 5.93. The minimum atomic E-state index is -0.248. The standard InChI is InChI=1S/C26H34FN3O/c1-5-11-20(12-6-2)15-18-30-25(22-13-10-14-23(27)21(22)7-3)28-19(4)24(26(30)31)29-16-8-9-17-29/h5,10-14H,6-9,15-18H2,1-4H3/b11-5-,20-12+. The highest BCUT2D eigenvalue weighted by Gasteiger charge is 2.23. The Hall–Kier alpha value is -2.69. The second kappa shape index (κ2) is 10.6. The van der Waals surface area contributed by atoms with E-state index in [9.17, 15) is 9.18 Å². The lowest BCUT2D eigenvalue weighted by atomic mass is 10.0. The second-order valence-corrected chi connectivity index (χ2v) is 8.08. The molecule has 0 spiro atoms. The van der Waals surface area contributed by atoms with E-state index in [0.29, 0.717) is 35.6 Å². The Morgan fingerprint density at radius 3 is 2.61 bits per heavy atom. The van der Waals surface area contributed by atoms with E-state index < -0.39 is 0 Å². The minimum Gasteiger partial charge on any atom is -0.366 e. The van der Waals surface area contributed by atoms with E-state index in [1.807, 2.05) is 32.9 Å². The van der Waals surface area contributed by atoms with Crippen molar-refractivity contribution in [3.8, 4) is 11.4 Å². The van der Waals surface area contributed by atoms with Crippen molar-refractivity contribution < 1.29 is 4.39 Å². The normalized spacial score (nSPS) is 14.7. The Morgan fingerprint density at radius 2 is 1.97 bits per heavy atom. The average Bonchev–Trinajstić information content (AvgIpc) is 3.27. The predicted octanol–water partition coefficient (Wildman–Crippen LogP) is 5.82. The minimum absolute atomic E-state index is 0.0213. The molecule has 31 heavy (non-hydrogen) atoms. The van der Waals surface area contributed by atoms with Crippen molar-refractivity contribution in [2.24, 2.45) is 0 Å². The first-order valence-electron chi connectivity index (χ1n) is 11.5. The molecule has 5 heteroatoms. The molecule has 1 aromatic carbocycles. The fourth-order valence-corrected chi connectivity index (χ4v) is 4.47. The zero-order valence-corrected chi connectivity index (χ0v) is 19.2. The van der Waals surface area contributed by atoms with E-state index in [1.54, 1.807) is 10.6 Å². The van der Waals surface area contributed by atoms with Gasteiger partial charge in [-0.2, -0.15) is 0 Å². The summed E-state index contributed by atoms with van der Waals surface area (Å²) in [7, 11) is 0. The number of hydrogen-bond acceptors (Lipinski definition) is 3. The molecule has 0 bridgehead atoms. The fourth-order valence-electron chi connectivity index (χ4n) is 4.47. The molecule has 3 rings (SSSR count). The third kappa shape index (κ3) is 4.97. The van der Waals surface area contributed by atoms with Crippen LogP contribution in [0, 0.1) is 12.7 Å². The third-order valence-electron chi connectivity index (χ3n) is 5.93. The number of allylic oxidation sites excluding steroid dienone is 4. The van der Waals surface area contributed by atoms with Gasteiger partial charge in [0.15, 0.2) is 0 Å². The lowest BCUT2D eigenvalue weighted by Gasteiger charge is -2.23. The van der Waals surface area contributed by atoms with Gasteiger partial charge in [-0.15, -0.1) is 0 Å². The zero-order chi connectivity index (χ0) is 22.4. The van der Waals surface area contributed by atoms with Gasteiger partial charge in [0.25, 0.3) is 5.56 Å². The smallest absolute Gasteiger partial charge is 0.277 e. The Morgan fingerprint density at radius 1 is 1.23 bits per heavy atom. The number of aromatic nitrogens is 2. The summed E-state index contributed by atoms with van der Waals surface area (Å²) >= 11 is 0. The molecule has 0 saturated carbocycles. The first kappa shape index (κ1) is 23.0. The van der Waals surface area contributed by atoms with E-state index in [4.69, 9.17) is 4.98 Å². The Labute approximate surface area is 185 Å². The van der Waals surface area contributed by atoms with Crippen LogP contribution in [0.15, 0.2) is 46.8 Å². The Balaban J connectivity index is 2.17. The topological polar surface area (TPSA) is 38.1 Å². The van der Waals surface area contributed by atoms with E-state index in [1.165, 1.54) is 11.6 Å². The maximum atomic E-state index is 14.6.